The third-order valence-corrected chi connectivity index (χ3v) is 4.87. The first-order valence-electron chi connectivity index (χ1n) is 7.12. The summed E-state index contributed by atoms with van der Waals surface area (Å²) in [6.45, 7) is 0. The van der Waals surface area contributed by atoms with Gasteiger partial charge in [0.25, 0.3) is 5.91 Å². The lowest BCUT2D eigenvalue weighted by molar-refractivity contribution is 0.102. The molecule has 0 radical (unpaired) electrons. The molecule has 3 rings (SSSR count). The van der Waals surface area contributed by atoms with Crippen LogP contribution in [0, 0.1) is 0 Å². The minimum Gasteiger partial charge on any atom is -0.332 e. The zero-order valence-corrected chi connectivity index (χ0v) is 14.5. The summed E-state index contributed by atoms with van der Waals surface area (Å²) in [6, 6.07) is 12.6. The minimum atomic E-state index is -3.76. The van der Waals surface area contributed by atoms with E-state index < -0.39 is 10.0 Å². The molecule has 1 aromatic heterocycles. The topological polar surface area (TPSA) is 114 Å². The van der Waals surface area contributed by atoms with E-state index in [1.165, 1.54) is 35.6 Å². The molecule has 0 aliphatic carbocycles. The summed E-state index contributed by atoms with van der Waals surface area (Å²) in [5, 5.41) is 13.5. The van der Waals surface area contributed by atoms with Crippen molar-refractivity contribution in [1.29, 1.82) is 0 Å². The Kier molecular flexibility index (Phi) is 4.79. The van der Waals surface area contributed by atoms with Gasteiger partial charge in [-0.3, -0.25) is 4.79 Å². The van der Waals surface area contributed by atoms with Crippen LogP contribution in [0.15, 0.2) is 65.0 Å². The largest absolute Gasteiger partial charge is 0.332 e. The predicted octanol–water partition coefficient (Wildman–Crippen LogP) is 2.79. The number of thiazole rings is 1. The Labute approximate surface area is 148 Å². The molecule has 1 heterocycles. The number of anilines is 3. The zero-order valence-electron chi connectivity index (χ0n) is 12.8. The number of carbonyl (C=O) groups excluding carboxylic acids is 1. The number of rotatable bonds is 5. The van der Waals surface area contributed by atoms with Gasteiger partial charge < -0.3 is 10.6 Å². The molecule has 0 atom stereocenters. The van der Waals surface area contributed by atoms with E-state index in [0.717, 1.165) is 10.8 Å². The Hall–Kier alpha value is -2.75. The maximum absolute atomic E-state index is 12.4. The number of amides is 1. The maximum Gasteiger partial charge on any atom is 0.255 e. The Morgan fingerprint density at radius 2 is 1.84 bits per heavy atom. The smallest absolute Gasteiger partial charge is 0.255 e. The first kappa shape index (κ1) is 17.1. The van der Waals surface area contributed by atoms with Gasteiger partial charge in [0.1, 0.15) is 0 Å². The number of benzene rings is 2. The molecule has 1 amide bonds. The fourth-order valence-electron chi connectivity index (χ4n) is 2.08. The minimum absolute atomic E-state index is 0.0138. The van der Waals surface area contributed by atoms with Crippen LogP contribution < -0.4 is 15.8 Å². The summed E-state index contributed by atoms with van der Waals surface area (Å²) in [4.78, 5) is 16.5. The lowest BCUT2D eigenvalue weighted by Gasteiger charge is -2.08. The standard InChI is InChI=1S/C16H14N4O3S2/c17-25(22,23)14-6-4-12(5-7-14)19-15(21)11-2-1-3-13(10-11)20-16-18-8-9-24-16/h1-10H,(H,18,20)(H,19,21)(H2,17,22,23). The Morgan fingerprint density at radius 3 is 2.48 bits per heavy atom. The Morgan fingerprint density at radius 1 is 1.08 bits per heavy atom. The highest BCUT2D eigenvalue weighted by Gasteiger charge is 2.10. The Bertz CT molecular complexity index is 984. The van der Waals surface area contributed by atoms with Gasteiger partial charge >= 0.3 is 0 Å². The number of aromatic nitrogens is 1. The molecule has 0 unspecified atom stereocenters. The highest BCUT2D eigenvalue weighted by molar-refractivity contribution is 7.89. The van der Waals surface area contributed by atoms with E-state index in [9.17, 15) is 13.2 Å². The van der Waals surface area contributed by atoms with Gasteiger partial charge in [0.05, 0.1) is 4.90 Å². The SMILES string of the molecule is NS(=O)(=O)c1ccc(NC(=O)c2cccc(Nc3nccs3)c2)cc1. The number of carbonyl (C=O) groups is 1. The van der Waals surface area contributed by atoms with Gasteiger partial charge in [0, 0.05) is 28.5 Å². The van der Waals surface area contributed by atoms with Gasteiger partial charge in [-0.15, -0.1) is 11.3 Å². The van der Waals surface area contributed by atoms with Crippen molar-refractivity contribution in [2.45, 2.75) is 4.90 Å². The second-order valence-electron chi connectivity index (χ2n) is 5.07. The average molecular weight is 374 g/mol. The van der Waals surface area contributed by atoms with Crippen LogP contribution in [0.1, 0.15) is 10.4 Å². The third kappa shape index (κ3) is 4.41. The van der Waals surface area contributed by atoms with Crippen molar-refractivity contribution in [1.82, 2.24) is 4.98 Å². The van der Waals surface area contributed by atoms with Crippen molar-refractivity contribution in [3.8, 4) is 0 Å². The first-order chi connectivity index (χ1) is 11.9. The summed E-state index contributed by atoms with van der Waals surface area (Å²) < 4.78 is 22.5. The van der Waals surface area contributed by atoms with Crippen LogP contribution in [-0.2, 0) is 10.0 Å². The maximum atomic E-state index is 12.4. The summed E-state index contributed by atoms with van der Waals surface area (Å²) >= 11 is 1.46. The summed E-state index contributed by atoms with van der Waals surface area (Å²) in [6.07, 6.45) is 1.69. The second kappa shape index (κ2) is 7.01. The van der Waals surface area contributed by atoms with Crippen molar-refractivity contribution in [2.24, 2.45) is 5.14 Å². The molecular formula is C16H14N4O3S2. The van der Waals surface area contributed by atoms with Gasteiger partial charge in [-0.05, 0) is 42.5 Å². The molecule has 25 heavy (non-hydrogen) atoms. The molecule has 0 bridgehead atoms. The quantitative estimate of drug-likeness (QED) is 0.635. The molecule has 0 aliphatic rings. The number of nitrogens with one attached hydrogen (secondary N) is 2. The molecule has 0 fully saturated rings. The van der Waals surface area contributed by atoms with Gasteiger partial charge in [-0.2, -0.15) is 0 Å². The Balaban J connectivity index is 1.73. The number of hydrogen-bond acceptors (Lipinski definition) is 6. The van der Waals surface area contributed by atoms with Crippen LogP contribution in [0.2, 0.25) is 0 Å². The molecule has 0 spiro atoms. The molecule has 0 saturated heterocycles. The normalized spacial score (nSPS) is 11.1. The van der Waals surface area contributed by atoms with Crippen molar-refractivity contribution in [3.63, 3.8) is 0 Å². The van der Waals surface area contributed by atoms with E-state index >= 15 is 0 Å². The van der Waals surface area contributed by atoms with E-state index in [1.54, 1.807) is 24.4 Å². The molecule has 3 aromatic rings. The van der Waals surface area contributed by atoms with Crippen LogP contribution in [0.3, 0.4) is 0 Å². The van der Waals surface area contributed by atoms with Crippen molar-refractivity contribution < 1.29 is 13.2 Å². The number of nitrogens with two attached hydrogens (primary N) is 1. The van der Waals surface area contributed by atoms with Crippen molar-refractivity contribution >= 4 is 43.8 Å². The van der Waals surface area contributed by atoms with E-state index in [4.69, 9.17) is 5.14 Å². The lowest BCUT2D eigenvalue weighted by atomic mass is 10.2. The second-order valence-corrected chi connectivity index (χ2v) is 7.52. The average Bonchev–Trinajstić information content (AvgIpc) is 3.08. The molecule has 128 valence electrons. The van der Waals surface area contributed by atoms with Crippen LogP contribution in [-0.4, -0.2) is 19.3 Å². The third-order valence-electron chi connectivity index (χ3n) is 3.25. The number of nitrogens with zero attached hydrogens (tertiary/aromatic N) is 1. The molecule has 0 aliphatic heterocycles. The van der Waals surface area contributed by atoms with Crippen molar-refractivity contribution in [3.05, 3.63) is 65.7 Å². The molecule has 2 aromatic carbocycles. The summed E-state index contributed by atoms with van der Waals surface area (Å²) in [7, 11) is -3.76. The molecule has 4 N–H and O–H groups in total. The molecule has 7 nitrogen and oxygen atoms in total. The van der Waals surface area contributed by atoms with E-state index in [2.05, 4.69) is 15.6 Å². The van der Waals surface area contributed by atoms with Gasteiger partial charge in [0.15, 0.2) is 5.13 Å². The van der Waals surface area contributed by atoms with E-state index in [1.807, 2.05) is 11.4 Å². The van der Waals surface area contributed by atoms with Crippen molar-refractivity contribution in [2.75, 3.05) is 10.6 Å². The van der Waals surface area contributed by atoms with Crippen LogP contribution in [0.5, 0.6) is 0 Å². The monoisotopic (exact) mass is 374 g/mol. The summed E-state index contributed by atoms with van der Waals surface area (Å²) in [5.74, 6) is -0.314. The number of primary sulfonamides is 1. The van der Waals surface area contributed by atoms with Crippen LogP contribution in [0.25, 0.3) is 0 Å². The van der Waals surface area contributed by atoms with Crippen LogP contribution >= 0.6 is 11.3 Å². The van der Waals surface area contributed by atoms with E-state index in [0.29, 0.717) is 11.3 Å². The molecule has 9 heteroatoms. The molecule has 0 saturated carbocycles. The fraction of sp³-hybridized carbons (Fsp3) is 0. The van der Waals surface area contributed by atoms with Gasteiger partial charge in [-0.1, -0.05) is 6.07 Å². The highest BCUT2D eigenvalue weighted by atomic mass is 32.2. The lowest BCUT2D eigenvalue weighted by Crippen LogP contribution is -2.14. The van der Waals surface area contributed by atoms with Gasteiger partial charge in [0.2, 0.25) is 10.0 Å². The zero-order chi connectivity index (χ0) is 17.9. The number of hydrogen-bond donors (Lipinski definition) is 3. The van der Waals surface area contributed by atoms with E-state index in [-0.39, 0.29) is 10.8 Å². The highest BCUT2D eigenvalue weighted by Crippen LogP contribution is 2.20. The summed E-state index contributed by atoms with van der Waals surface area (Å²) in [5.41, 5.74) is 1.67. The number of sulfonamides is 1. The molecular weight excluding hydrogens is 360 g/mol. The first-order valence-corrected chi connectivity index (χ1v) is 9.55. The van der Waals surface area contributed by atoms with Gasteiger partial charge in [-0.25, -0.2) is 18.5 Å². The van der Waals surface area contributed by atoms with Crippen LogP contribution in [0.4, 0.5) is 16.5 Å². The fourth-order valence-corrected chi connectivity index (χ4v) is 3.14. The predicted molar refractivity (Wildman–Crippen MR) is 97.6 cm³/mol.